The number of hydrogen-bond donors (Lipinski definition) is 2. The second-order valence-electron chi connectivity index (χ2n) is 6.49. The third kappa shape index (κ3) is 3.36. The molecule has 0 spiro atoms. The third-order valence-corrected chi connectivity index (χ3v) is 4.67. The van der Waals surface area contributed by atoms with E-state index in [1.54, 1.807) is 24.8 Å². The monoisotopic (exact) mass is 337 g/mol. The van der Waals surface area contributed by atoms with E-state index in [0.717, 1.165) is 18.4 Å². The Morgan fingerprint density at radius 1 is 1.28 bits per heavy atom. The van der Waals surface area contributed by atoms with Crippen LogP contribution >= 0.6 is 0 Å². The molecule has 1 fully saturated rings. The highest BCUT2D eigenvalue weighted by molar-refractivity contribution is 5.94. The number of nitrogens with one attached hydrogen (secondary N) is 1. The maximum atomic E-state index is 12.5. The van der Waals surface area contributed by atoms with Crippen molar-refractivity contribution in [2.24, 2.45) is 5.92 Å². The molecule has 1 aliphatic carbocycles. The van der Waals surface area contributed by atoms with E-state index in [0.29, 0.717) is 23.7 Å². The van der Waals surface area contributed by atoms with Gasteiger partial charge < -0.3 is 15.0 Å². The Labute approximate surface area is 144 Å². The quantitative estimate of drug-likeness (QED) is 0.750. The van der Waals surface area contributed by atoms with E-state index in [-0.39, 0.29) is 11.9 Å². The molecule has 0 aromatic carbocycles. The van der Waals surface area contributed by atoms with Crippen molar-refractivity contribution in [3.63, 3.8) is 0 Å². The summed E-state index contributed by atoms with van der Waals surface area (Å²) in [5, 5.41) is 14.1. The van der Waals surface area contributed by atoms with Crippen LogP contribution in [0.1, 0.15) is 23.3 Å². The Morgan fingerprint density at radius 2 is 2.20 bits per heavy atom. The first-order chi connectivity index (χ1) is 12.2. The number of imidazole rings is 1. The van der Waals surface area contributed by atoms with Gasteiger partial charge >= 0.3 is 0 Å². The van der Waals surface area contributed by atoms with Crippen molar-refractivity contribution >= 4 is 16.9 Å². The van der Waals surface area contributed by atoms with Gasteiger partial charge in [0.15, 0.2) is 5.65 Å². The molecule has 1 unspecified atom stereocenters. The molecule has 3 heterocycles. The van der Waals surface area contributed by atoms with E-state index in [2.05, 4.69) is 20.3 Å². The van der Waals surface area contributed by atoms with Gasteiger partial charge in [-0.05, 0) is 43.0 Å². The van der Waals surface area contributed by atoms with Gasteiger partial charge in [0.2, 0.25) is 0 Å². The predicted octanol–water partition coefficient (Wildman–Crippen LogP) is 1.40. The van der Waals surface area contributed by atoms with Crippen LogP contribution in [0.4, 0.5) is 0 Å². The molecule has 2 N–H and O–H groups in total. The molecule has 3 aromatic heterocycles. The second kappa shape index (κ2) is 6.60. The molecule has 128 valence electrons. The molecule has 25 heavy (non-hydrogen) atoms. The maximum Gasteiger partial charge on any atom is 0.270 e. The Bertz CT molecular complexity index is 880. The minimum absolute atomic E-state index is 0.262. The minimum Gasteiger partial charge on any atom is -0.391 e. The molecule has 1 saturated carbocycles. The van der Waals surface area contributed by atoms with Crippen LogP contribution in [0, 0.1) is 5.92 Å². The Hall–Kier alpha value is -2.80. The molecular formula is C18H19N5O2. The molecule has 0 bridgehead atoms. The number of carbonyl (C=O) groups is 1. The standard InChI is InChI=1S/C18H19N5O2/c24-16-9-12(10-23-7-6-19-11-23)8-15(16)22-18(25)14-4-3-13-2-1-5-20-17(13)21-14/h1-7,11-12,15-16,24H,8-10H2,(H,22,25)/t12?,15-,16-/m1/s1. The van der Waals surface area contributed by atoms with Crippen molar-refractivity contribution in [2.45, 2.75) is 31.5 Å². The van der Waals surface area contributed by atoms with Crippen LogP contribution in [-0.4, -0.2) is 42.7 Å². The van der Waals surface area contributed by atoms with Gasteiger partial charge in [0.25, 0.3) is 5.91 Å². The first kappa shape index (κ1) is 15.7. The fourth-order valence-electron chi connectivity index (χ4n) is 3.44. The molecule has 7 heteroatoms. The number of aliphatic hydroxyl groups is 1. The van der Waals surface area contributed by atoms with Crippen LogP contribution in [-0.2, 0) is 6.54 Å². The minimum atomic E-state index is -0.545. The molecule has 3 atom stereocenters. The van der Waals surface area contributed by atoms with Gasteiger partial charge in [-0.3, -0.25) is 4.79 Å². The smallest absolute Gasteiger partial charge is 0.270 e. The Balaban J connectivity index is 1.42. The summed E-state index contributed by atoms with van der Waals surface area (Å²) in [6, 6.07) is 6.99. The Morgan fingerprint density at radius 3 is 3.04 bits per heavy atom. The summed E-state index contributed by atoms with van der Waals surface area (Å²) in [6.45, 7) is 0.793. The van der Waals surface area contributed by atoms with Crippen molar-refractivity contribution < 1.29 is 9.90 Å². The molecule has 1 aliphatic rings. The summed E-state index contributed by atoms with van der Waals surface area (Å²) in [6.07, 6.45) is 7.92. The number of carbonyl (C=O) groups excluding carboxylic acids is 1. The lowest BCUT2D eigenvalue weighted by atomic mass is 10.1. The summed E-state index contributed by atoms with van der Waals surface area (Å²) in [4.78, 5) is 25.0. The first-order valence-corrected chi connectivity index (χ1v) is 8.35. The number of nitrogens with zero attached hydrogens (tertiary/aromatic N) is 4. The fraction of sp³-hybridized carbons (Fsp3) is 0.333. The summed E-state index contributed by atoms with van der Waals surface area (Å²) in [5.41, 5.74) is 0.858. The van der Waals surface area contributed by atoms with Crippen LogP contribution in [0.2, 0.25) is 0 Å². The summed E-state index contributed by atoms with van der Waals surface area (Å²) in [5.74, 6) is 0.0283. The molecule has 7 nitrogen and oxygen atoms in total. The van der Waals surface area contributed by atoms with Gasteiger partial charge in [-0.1, -0.05) is 0 Å². The van der Waals surface area contributed by atoms with E-state index in [1.165, 1.54) is 0 Å². The number of amides is 1. The number of rotatable bonds is 4. The highest BCUT2D eigenvalue weighted by atomic mass is 16.3. The van der Waals surface area contributed by atoms with Gasteiger partial charge in [-0.2, -0.15) is 0 Å². The Kier molecular flexibility index (Phi) is 4.15. The maximum absolute atomic E-state index is 12.5. The zero-order valence-electron chi connectivity index (χ0n) is 13.6. The molecule has 3 aromatic rings. The van der Waals surface area contributed by atoms with Crippen LogP contribution < -0.4 is 5.32 Å². The van der Waals surface area contributed by atoms with Crippen molar-refractivity contribution in [3.05, 3.63) is 54.9 Å². The van der Waals surface area contributed by atoms with Crippen LogP contribution in [0.25, 0.3) is 11.0 Å². The molecule has 0 aliphatic heterocycles. The largest absolute Gasteiger partial charge is 0.391 e. The summed E-state index contributed by atoms with van der Waals surface area (Å²) >= 11 is 0. The van der Waals surface area contributed by atoms with E-state index in [1.807, 2.05) is 29.0 Å². The predicted molar refractivity (Wildman–Crippen MR) is 91.8 cm³/mol. The molecule has 1 amide bonds. The topological polar surface area (TPSA) is 92.9 Å². The highest BCUT2D eigenvalue weighted by Crippen LogP contribution is 2.27. The third-order valence-electron chi connectivity index (χ3n) is 4.67. The van der Waals surface area contributed by atoms with Gasteiger partial charge in [-0.15, -0.1) is 0 Å². The molecular weight excluding hydrogens is 318 g/mol. The average Bonchev–Trinajstić information content (AvgIpc) is 3.25. The van der Waals surface area contributed by atoms with E-state index in [9.17, 15) is 9.90 Å². The second-order valence-corrected chi connectivity index (χ2v) is 6.49. The van der Waals surface area contributed by atoms with Crippen molar-refractivity contribution in [1.29, 1.82) is 0 Å². The lowest BCUT2D eigenvalue weighted by Gasteiger charge is -2.16. The van der Waals surface area contributed by atoms with Gasteiger partial charge in [0.1, 0.15) is 5.69 Å². The normalized spacial score (nSPS) is 23.0. The summed E-state index contributed by atoms with van der Waals surface area (Å²) in [7, 11) is 0. The molecule has 4 rings (SSSR count). The number of fused-ring (bicyclic) bond motifs is 1. The van der Waals surface area contributed by atoms with E-state index < -0.39 is 6.10 Å². The van der Waals surface area contributed by atoms with Gasteiger partial charge in [0, 0.05) is 30.5 Å². The van der Waals surface area contributed by atoms with E-state index in [4.69, 9.17) is 0 Å². The van der Waals surface area contributed by atoms with Gasteiger partial charge in [0.05, 0.1) is 18.5 Å². The summed E-state index contributed by atoms with van der Waals surface area (Å²) < 4.78 is 2.00. The molecule has 0 radical (unpaired) electrons. The zero-order valence-corrected chi connectivity index (χ0v) is 13.6. The highest BCUT2D eigenvalue weighted by Gasteiger charge is 2.34. The van der Waals surface area contributed by atoms with Crippen molar-refractivity contribution in [2.75, 3.05) is 0 Å². The molecule has 0 saturated heterocycles. The van der Waals surface area contributed by atoms with Crippen LogP contribution in [0.15, 0.2) is 49.2 Å². The van der Waals surface area contributed by atoms with Crippen molar-refractivity contribution in [1.82, 2.24) is 24.8 Å². The fourth-order valence-corrected chi connectivity index (χ4v) is 3.44. The van der Waals surface area contributed by atoms with Crippen LogP contribution in [0.5, 0.6) is 0 Å². The number of hydrogen-bond acceptors (Lipinski definition) is 5. The number of pyridine rings is 2. The lowest BCUT2D eigenvalue weighted by molar-refractivity contribution is 0.0868. The number of aromatic nitrogens is 4. The lowest BCUT2D eigenvalue weighted by Crippen LogP contribution is -2.40. The van der Waals surface area contributed by atoms with Crippen LogP contribution in [0.3, 0.4) is 0 Å². The van der Waals surface area contributed by atoms with E-state index >= 15 is 0 Å². The van der Waals surface area contributed by atoms with Crippen molar-refractivity contribution in [3.8, 4) is 0 Å². The van der Waals surface area contributed by atoms with Gasteiger partial charge in [-0.25, -0.2) is 15.0 Å². The first-order valence-electron chi connectivity index (χ1n) is 8.35. The average molecular weight is 337 g/mol. The number of aliphatic hydroxyl groups excluding tert-OH is 1. The zero-order chi connectivity index (χ0) is 17.2. The SMILES string of the molecule is O=C(N[C@@H]1CC(Cn2ccnc2)C[C@H]1O)c1ccc2cccnc2n1.